The van der Waals surface area contributed by atoms with E-state index in [-0.39, 0.29) is 0 Å². The zero-order valence-corrected chi connectivity index (χ0v) is 11.4. The van der Waals surface area contributed by atoms with E-state index in [1.807, 2.05) is 0 Å². The maximum atomic E-state index is 5.54. The van der Waals surface area contributed by atoms with Crippen LogP contribution in [0.5, 0.6) is 0 Å². The van der Waals surface area contributed by atoms with Crippen LogP contribution in [0.15, 0.2) is 0 Å². The van der Waals surface area contributed by atoms with Crippen LogP contribution in [-0.2, 0) is 4.74 Å². The van der Waals surface area contributed by atoms with Gasteiger partial charge >= 0.3 is 0 Å². The highest BCUT2D eigenvalue weighted by Crippen LogP contribution is 2.29. The highest BCUT2D eigenvalue weighted by molar-refractivity contribution is 4.80. The molecule has 0 aromatic carbocycles. The van der Waals surface area contributed by atoms with Gasteiger partial charge in [0.2, 0.25) is 0 Å². The van der Waals surface area contributed by atoms with Crippen LogP contribution >= 0.6 is 0 Å². The van der Waals surface area contributed by atoms with Crippen molar-refractivity contribution in [3.05, 3.63) is 0 Å². The summed E-state index contributed by atoms with van der Waals surface area (Å²) in [5, 5.41) is 3.68. The molecular weight excluding hydrogens is 210 g/mol. The van der Waals surface area contributed by atoms with Crippen LogP contribution < -0.4 is 5.32 Å². The second kappa shape index (κ2) is 7.38. The van der Waals surface area contributed by atoms with Crippen molar-refractivity contribution < 1.29 is 4.74 Å². The van der Waals surface area contributed by atoms with Gasteiger partial charge in [-0.3, -0.25) is 0 Å². The summed E-state index contributed by atoms with van der Waals surface area (Å²) >= 11 is 0. The summed E-state index contributed by atoms with van der Waals surface area (Å²) in [5.74, 6) is 1.80. The third-order valence-electron chi connectivity index (χ3n) is 4.61. The Hall–Kier alpha value is -0.0800. The van der Waals surface area contributed by atoms with Crippen LogP contribution in [0.1, 0.15) is 58.3 Å². The summed E-state index contributed by atoms with van der Waals surface area (Å²) in [7, 11) is 0. The van der Waals surface area contributed by atoms with Crippen LogP contribution in [0, 0.1) is 11.8 Å². The van der Waals surface area contributed by atoms with E-state index in [0.29, 0.717) is 6.04 Å². The standard InChI is InChI=1S/C15H29NO/c1-2-16-15(14-10-11-17-12-14)9-8-13-6-4-3-5-7-13/h13-16H,2-12H2,1H3. The van der Waals surface area contributed by atoms with Crippen molar-refractivity contribution in [2.45, 2.75) is 64.3 Å². The molecule has 0 bridgehead atoms. The number of hydrogen-bond acceptors (Lipinski definition) is 2. The molecule has 2 rings (SSSR count). The zero-order valence-electron chi connectivity index (χ0n) is 11.4. The van der Waals surface area contributed by atoms with Crippen molar-refractivity contribution in [1.29, 1.82) is 0 Å². The number of ether oxygens (including phenoxy) is 1. The lowest BCUT2D eigenvalue weighted by Gasteiger charge is -2.27. The summed E-state index contributed by atoms with van der Waals surface area (Å²) < 4.78 is 5.54. The van der Waals surface area contributed by atoms with Gasteiger partial charge in [-0.1, -0.05) is 39.0 Å². The first-order valence-electron chi connectivity index (χ1n) is 7.71. The molecule has 17 heavy (non-hydrogen) atoms. The van der Waals surface area contributed by atoms with Crippen molar-refractivity contribution in [1.82, 2.24) is 5.32 Å². The molecule has 1 saturated carbocycles. The normalized spacial score (nSPS) is 28.4. The first-order chi connectivity index (χ1) is 8.40. The Balaban J connectivity index is 1.72. The summed E-state index contributed by atoms with van der Waals surface area (Å²) in [5.41, 5.74) is 0. The van der Waals surface area contributed by atoms with E-state index in [0.717, 1.165) is 31.6 Å². The maximum Gasteiger partial charge on any atom is 0.0510 e. The lowest BCUT2D eigenvalue weighted by Crippen LogP contribution is -2.37. The van der Waals surface area contributed by atoms with Gasteiger partial charge in [-0.05, 0) is 37.6 Å². The second-order valence-electron chi connectivity index (χ2n) is 5.87. The molecule has 1 N–H and O–H groups in total. The quantitative estimate of drug-likeness (QED) is 0.767. The van der Waals surface area contributed by atoms with E-state index < -0.39 is 0 Å². The molecule has 0 aromatic heterocycles. The molecule has 2 atom stereocenters. The molecule has 100 valence electrons. The molecule has 2 unspecified atom stereocenters. The second-order valence-corrected chi connectivity index (χ2v) is 5.87. The third kappa shape index (κ3) is 4.26. The topological polar surface area (TPSA) is 21.3 Å². The lowest BCUT2D eigenvalue weighted by atomic mass is 9.83. The largest absolute Gasteiger partial charge is 0.381 e. The minimum Gasteiger partial charge on any atom is -0.381 e. The average molecular weight is 239 g/mol. The fourth-order valence-corrected chi connectivity index (χ4v) is 3.53. The number of hydrogen-bond donors (Lipinski definition) is 1. The first kappa shape index (κ1) is 13.4. The van der Waals surface area contributed by atoms with E-state index >= 15 is 0 Å². The SMILES string of the molecule is CCNC(CCC1CCCCC1)C1CCOC1. The average Bonchev–Trinajstić information content (AvgIpc) is 2.89. The molecule has 2 aliphatic rings. The fourth-order valence-electron chi connectivity index (χ4n) is 3.53. The molecule has 2 fully saturated rings. The summed E-state index contributed by atoms with van der Waals surface area (Å²) in [4.78, 5) is 0. The Kier molecular flexibility index (Phi) is 5.79. The van der Waals surface area contributed by atoms with Crippen LogP contribution in [0.4, 0.5) is 0 Å². The van der Waals surface area contributed by atoms with E-state index in [1.165, 1.54) is 51.4 Å². The monoisotopic (exact) mass is 239 g/mol. The van der Waals surface area contributed by atoms with Gasteiger partial charge in [0.25, 0.3) is 0 Å². The molecule has 0 radical (unpaired) electrons. The van der Waals surface area contributed by atoms with Crippen LogP contribution in [0.25, 0.3) is 0 Å². The van der Waals surface area contributed by atoms with Gasteiger partial charge in [0.05, 0.1) is 6.61 Å². The molecule has 2 nitrogen and oxygen atoms in total. The van der Waals surface area contributed by atoms with Gasteiger partial charge in [-0.2, -0.15) is 0 Å². The van der Waals surface area contributed by atoms with Crippen molar-refractivity contribution in [3.63, 3.8) is 0 Å². The molecule has 0 aromatic rings. The van der Waals surface area contributed by atoms with Crippen molar-refractivity contribution in [3.8, 4) is 0 Å². The molecule has 0 amide bonds. The highest BCUT2D eigenvalue weighted by Gasteiger charge is 2.25. The minimum absolute atomic E-state index is 0.712. The predicted molar refractivity (Wildman–Crippen MR) is 72.2 cm³/mol. The Morgan fingerprint density at radius 3 is 2.65 bits per heavy atom. The molecule has 1 aliphatic heterocycles. The Bertz CT molecular complexity index is 195. The first-order valence-corrected chi connectivity index (χ1v) is 7.71. The van der Waals surface area contributed by atoms with Crippen LogP contribution in [0.2, 0.25) is 0 Å². The van der Waals surface area contributed by atoms with E-state index in [2.05, 4.69) is 12.2 Å². The highest BCUT2D eigenvalue weighted by atomic mass is 16.5. The molecular formula is C15H29NO. The van der Waals surface area contributed by atoms with Gasteiger partial charge < -0.3 is 10.1 Å². The minimum atomic E-state index is 0.712. The zero-order chi connectivity index (χ0) is 11.9. The molecule has 1 heterocycles. The Morgan fingerprint density at radius 1 is 1.18 bits per heavy atom. The smallest absolute Gasteiger partial charge is 0.0510 e. The Morgan fingerprint density at radius 2 is 2.00 bits per heavy atom. The number of nitrogens with one attached hydrogen (secondary N) is 1. The molecule has 2 heteroatoms. The molecule has 1 saturated heterocycles. The van der Waals surface area contributed by atoms with Crippen LogP contribution in [0.3, 0.4) is 0 Å². The van der Waals surface area contributed by atoms with E-state index in [4.69, 9.17) is 4.74 Å². The van der Waals surface area contributed by atoms with E-state index in [1.54, 1.807) is 0 Å². The number of rotatable bonds is 6. The Labute approximate surface area is 107 Å². The van der Waals surface area contributed by atoms with Gasteiger partial charge in [0, 0.05) is 12.6 Å². The fraction of sp³-hybridized carbons (Fsp3) is 1.00. The summed E-state index contributed by atoms with van der Waals surface area (Å²) in [6.07, 6.45) is 11.5. The summed E-state index contributed by atoms with van der Waals surface area (Å²) in [6.45, 7) is 5.30. The predicted octanol–water partition coefficient (Wildman–Crippen LogP) is 3.36. The van der Waals surface area contributed by atoms with Gasteiger partial charge in [0.15, 0.2) is 0 Å². The van der Waals surface area contributed by atoms with E-state index in [9.17, 15) is 0 Å². The van der Waals surface area contributed by atoms with Crippen molar-refractivity contribution in [2.24, 2.45) is 11.8 Å². The van der Waals surface area contributed by atoms with Crippen molar-refractivity contribution in [2.75, 3.05) is 19.8 Å². The van der Waals surface area contributed by atoms with Gasteiger partial charge in [-0.15, -0.1) is 0 Å². The van der Waals surface area contributed by atoms with Gasteiger partial charge in [0.1, 0.15) is 0 Å². The van der Waals surface area contributed by atoms with Crippen LogP contribution in [-0.4, -0.2) is 25.8 Å². The molecule has 1 aliphatic carbocycles. The third-order valence-corrected chi connectivity index (χ3v) is 4.61. The summed E-state index contributed by atoms with van der Waals surface area (Å²) in [6, 6.07) is 0.712. The molecule has 0 spiro atoms. The van der Waals surface area contributed by atoms with Crippen molar-refractivity contribution >= 4 is 0 Å². The lowest BCUT2D eigenvalue weighted by molar-refractivity contribution is 0.173. The van der Waals surface area contributed by atoms with Gasteiger partial charge in [-0.25, -0.2) is 0 Å². The maximum absolute atomic E-state index is 5.54.